The van der Waals surface area contributed by atoms with Crippen molar-refractivity contribution < 1.29 is 5.11 Å². The van der Waals surface area contributed by atoms with Crippen LogP contribution in [0.4, 0.5) is 11.6 Å². The number of hydrogen-bond acceptors (Lipinski definition) is 5. The van der Waals surface area contributed by atoms with Gasteiger partial charge in [0.05, 0.1) is 12.6 Å². The molecule has 1 unspecified atom stereocenters. The van der Waals surface area contributed by atoms with E-state index in [1.54, 1.807) is 0 Å². The van der Waals surface area contributed by atoms with Crippen LogP contribution in [0.15, 0.2) is 0 Å². The number of aliphatic hydroxyl groups is 1. The minimum Gasteiger partial charge on any atom is -0.394 e. The van der Waals surface area contributed by atoms with Crippen molar-refractivity contribution in [1.29, 1.82) is 0 Å². The smallest absolute Gasteiger partial charge is 0.137 e. The third kappa shape index (κ3) is 2.46. The molecule has 0 radical (unpaired) electrons. The third-order valence-electron chi connectivity index (χ3n) is 4.43. The van der Waals surface area contributed by atoms with E-state index in [1.165, 1.54) is 25.7 Å². The summed E-state index contributed by atoms with van der Waals surface area (Å²) in [7, 11) is 1.91. The Labute approximate surface area is 120 Å². The van der Waals surface area contributed by atoms with Crippen molar-refractivity contribution >= 4 is 11.6 Å². The molecule has 1 saturated carbocycles. The molecule has 1 saturated heterocycles. The standard InChI is InChI=1S/C15H24N4O/c1-10-13(16-2)17-14(11-6-7-11)18-15(10)19-8-4-3-5-12(19)9-20/h11-12,20H,3-9H2,1-2H3,(H,16,17,18). The number of rotatable bonds is 4. The number of nitrogens with zero attached hydrogens (tertiary/aromatic N) is 3. The van der Waals surface area contributed by atoms with Gasteiger partial charge in [-0.3, -0.25) is 0 Å². The monoisotopic (exact) mass is 276 g/mol. The van der Waals surface area contributed by atoms with Crippen molar-refractivity contribution in [2.45, 2.75) is 51.0 Å². The zero-order chi connectivity index (χ0) is 14.1. The average molecular weight is 276 g/mol. The molecule has 2 aliphatic rings. The second-order valence-electron chi connectivity index (χ2n) is 5.93. The summed E-state index contributed by atoms with van der Waals surface area (Å²) in [5.74, 6) is 3.46. The first kappa shape index (κ1) is 13.6. The normalized spacial score (nSPS) is 22.9. The SMILES string of the molecule is CNc1nc(C2CC2)nc(N2CCCCC2CO)c1C. The van der Waals surface area contributed by atoms with Gasteiger partial charge in [0.15, 0.2) is 0 Å². The number of anilines is 2. The minimum atomic E-state index is 0.203. The van der Waals surface area contributed by atoms with Gasteiger partial charge in [0.1, 0.15) is 17.5 Å². The fourth-order valence-corrected chi connectivity index (χ4v) is 3.04. The molecule has 1 aromatic rings. The summed E-state index contributed by atoms with van der Waals surface area (Å²) in [5.41, 5.74) is 1.09. The summed E-state index contributed by atoms with van der Waals surface area (Å²) in [6.07, 6.45) is 5.82. The van der Waals surface area contributed by atoms with E-state index in [0.29, 0.717) is 5.92 Å². The van der Waals surface area contributed by atoms with E-state index in [-0.39, 0.29) is 12.6 Å². The van der Waals surface area contributed by atoms with E-state index in [4.69, 9.17) is 4.98 Å². The number of piperidine rings is 1. The molecule has 0 spiro atoms. The highest BCUT2D eigenvalue weighted by Gasteiger charge is 2.31. The van der Waals surface area contributed by atoms with Crippen molar-refractivity contribution in [3.05, 3.63) is 11.4 Å². The minimum absolute atomic E-state index is 0.203. The average Bonchev–Trinajstić information content (AvgIpc) is 3.32. The van der Waals surface area contributed by atoms with Gasteiger partial charge in [-0.2, -0.15) is 0 Å². The lowest BCUT2D eigenvalue weighted by molar-refractivity contribution is 0.239. The summed E-state index contributed by atoms with van der Waals surface area (Å²) in [6, 6.07) is 0.203. The van der Waals surface area contributed by atoms with Crippen LogP contribution in [0.3, 0.4) is 0 Å². The lowest BCUT2D eigenvalue weighted by Gasteiger charge is -2.36. The molecule has 1 aliphatic heterocycles. The predicted octanol–water partition coefficient (Wildman–Crippen LogP) is 2.06. The van der Waals surface area contributed by atoms with Crippen molar-refractivity contribution in [3.8, 4) is 0 Å². The molecule has 1 aliphatic carbocycles. The number of hydrogen-bond donors (Lipinski definition) is 2. The first-order chi connectivity index (χ1) is 9.74. The fraction of sp³-hybridized carbons (Fsp3) is 0.733. The van der Waals surface area contributed by atoms with E-state index in [9.17, 15) is 5.11 Å². The first-order valence-corrected chi connectivity index (χ1v) is 7.68. The van der Waals surface area contributed by atoms with Crippen LogP contribution in [-0.4, -0.2) is 41.3 Å². The summed E-state index contributed by atoms with van der Waals surface area (Å²) >= 11 is 0. The van der Waals surface area contributed by atoms with Crippen LogP contribution in [-0.2, 0) is 0 Å². The molecule has 3 rings (SSSR count). The molecule has 1 atom stereocenters. The van der Waals surface area contributed by atoms with E-state index >= 15 is 0 Å². The van der Waals surface area contributed by atoms with Crippen LogP contribution in [0.2, 0.25) is 0 Å². The van der Waals surface area contributed by atoms with Gasteiger partial charge in [0, 0.05) is 25.1 Å². The fourth-order valence-electron chi connectivity index (χ4n) is 3.04. The van der Waals surface area contributed by atoms with Gasteiger partial charge in [-0.05, 0) is 39.0 Å². The maximum Gasteiger partial charge on any atom is 0.137 e. The second-order valence-corrected chi connectivity index (χ2v) is 5.93. The van der Waals surface area contributed by atoms with Gasteiger partial charge in [0.2, 0.25) is 0 Å². The molecule has 110 valence electrons. The van der Waals surface area contributed by atoms with Crippen molar-refractivity contribution in [2.75, 3.05) is 30.4 Å². The van der Waals surface area contributed by atoms with Crippen LogP contribution >= 0.6 is 0 Å². The van der Waals surface area contributed by atoms with Gasteiger partial charge in [-0.25, -0.2) is 9.97 Å². The quantitative estimate of drug-likeness (QED) is 0.881. The number of aromatic nitrogens is 2. The molecule has 0 bridgehead atoms. The lowest BCUT2D eigenvalue weighted by Crippen LogP contribution is -2.43. The van der Waals surface area contributed by atoms with E-state index in [2.05, 4.69) is 22.1 Å². The Kier molecular flexibility index (Phi) is 3.78. The Morgan fingerprint density at radius 1 is 1.25 bits per heavy atom. The molecule has 0 amide bonds. The third-order valence-corrected chi connectivity index (χ3v) is 4.43. The van der Waals surface area contributed by atoms with E-state index in [0.717, 1.165) is 36.0 Å². The zero-order valence-electron chi connectivity index (χ0n) is 12.4. The molecular weight excluding hydrogens is 252 g/mol. The maximum absolute atomic E-state index is 9.63. The summed E-state index contributed by atoms with van der Waals surface area (Å²) in [6.45, 7) is 3.26. The highest BCUT2D eigenvalue weighted by Crippen LogP contribution is 2.40. The van der Waals surface area contributed by atoms with Crippen LogP contribution in [0.25, 0.3) is 0 Å². The topological polar surface area (TPSA) is 61.3 Å². The lowest BCUT2D eigenvalue weighted by atomic mass is 10.0. The summed E-state index contributed by atoms with van der Waals surface area (Å²) in [5, 5.41) is 12.8. The molecule has 1 aromatic heterocycles. The number of nitrogens with one attached hydrogen (secondary N) is 1. The van der Waals surface area contributed by atoms with E-state index < -0.39 is 0 Å². The summed E-state index contributed by atoms with van der Waals surface area (Å²) < 4.78 is 0. The van der Waals surface area contributed by atoms with Gasteiger partial charge in [0.25, 0.3) is 0 Å². The molecule has 2 N–H and O–H groups in total. The predicted molar refractivity (Wildman–Crippen MR) is 80.4 cm³/mol. The van der Waals surface area contributed by atoms with Crippen molar-refractivity contribution in [3.63, 3.8) is 0 Å². The van der Waals surface area contributed by atoms with Crippen molar-refractivity contribution in [1.82, 2.24) is 9.97 Å². The zero-order valence-corrected chi connectivity index (χ0v) is 12.4. The van der Waals surface area contributed by atoms with E-state index in [1.807, 2.05) is 7.05 Å². The molecule has 2 fully saturated rings. The Bertz CT molecular complexity index is 487. The Hall–Kier alpha value is -1.36. The van der Waals surface area contributed by atoms with Crippen LogP contribution in [0.1, 0.15) is 49.4 Å². The largest absolute Gasteiger partial charge is 0.394 e. The van der Waals surface area contributed by atoms with Gasteiger partial charge < -0.3 is 15.3 Å². The van der Waals surface area contributed by atoms with Gasteiger partial charge in [-0.15, -0.1) is 0 Å². The molecule has 20 heavy (non-hydrogen) atoms. The van der Waals surface area contributed by atoms with Gasteiger partial charge in [-0.1, -0.05) is 0 Å². The highest BCUT2D eigenvalue weighted by molar-refractivity contribution is 5.59. The maximum atomic E-state index is 9.63. The molecule has 0 aromatic carbocycles. The molecule has 5 heteroatoms. The van der Waals surface area contributed by atoms with Crippen LogP contribution in [0.5, 0.6) is 0 Å². The highest BCUT2D eigenvalue weighted by atomic mass is 16.3. The van der Waals surface area contributed by atoms with Crippen molar-refractivity contribution in [2.24, 2.45) is 0 Å². The van der Waals surface area contributed by atoms with Crippen LogP contribution in [0, 0.1) is 6.92 Å². The van der Waals surface area contributed by atoms with Crippen LogP contribution < -0.4 is 10.2 Å². The Morgan fingerprint density at radius 2 is 2.05 bits per heavy atom. The molecule has 2 heterocycles. The molecular formula is C15H24N4O. The number of aliphatic hydroxyl groups excluding tert-OH is 1. The first-order valence-electron chi connectivity index (χ1n) is 7.68. The Balaban J connectivity index is 1.99. The second kappa shape index (κ2) is 5.56. The van der Waals surface area contributed by atoms with Gasteiger partial charge >= 0.3 is 0 Å². The summed E-state index contributed by atoms with van der Waals surface area (Å²) in [4.78, 5) is 11.8. The molecule has 5 nitrogen and oxygen atoms in total. The Morgan fingerprint density at radius 3 is 2.70 bits per heavy atom.